The van der Waals surface area contributed by atoms with E-state index in [0.717, 1.165) is 33.9 Å². The SMILES string of the molecule is c1ccc(-c2cc(-c3ccc4c(sc5ccccc54)c3-c3ccc(-c4cccc5ccccc45)cc3)nc(-c3ccccc3)n2)cc1. The zero-order valence-electron chi connectivity index (χ0n) is 25.5. The van der Waals surface area contributed by atoms with Crippen LogP contribution in [0, 0.1) is 0 Å². The molecule has 0 saturated carbocycles. The fourth-order valence-corrected chi connectivity index (χ4v) is 7.91. The lowest BCUT2D eigenvalue weighted by Crippen LogP contribution is -1.97. The summed E-state index contributed by atoms with van der Waals surface area (Å²) in [5.41, 5.74) is 9.79. The van der Waals surface area contributed by atoms with Gasteiger partial charge in [-0.3, -0.25) is 0 Å². The molecule has 0 saturated heterocycles. The Morgan fingerprint density at radius 2 is 1.02 bits per heavy atom. The summed E-state index contributed by atoms with van der Waals surface area (Å²) < 4.78 is 2.55. The molecule has 0 aliphatic rings. The molecule has 47 heavy (non-hydrogen) atoms. The van der Waals surface area contributed by atoms with Crippen LogP contribution in [-0.2, 0) is 0 Å². The van der Waals surface area contributed by atoms with Crippen LogP contribution in [0.2, 0.25) is 0 Å². The highest BCUT2D eigenvalue weighted by Crippen LogP contribution is 2.45. The Morgan fingerprint density at radius 3 is 1.83 bits per heavy atom. The standard InChI is InChI=1S/C44H28N2S/c1-3-13-31(14-4-1)39-28-40(46-44(45-39)33-15-5-2-6-16-33)38-27-26-37-36-19-9-10-21-41(36)47-43(37)42(38)32-24-22-30(23-25-32)35-20-11-17-29-12-7-8-18-34(29)35/h1-28H. The van der Waals surface area contributed by atoms with Crippen molar-refractivity contribution in [3.05, 3.63) is 170 Å². The Hall–Kier alpha value is -5.90. The maximum absolute atomic E-state index is 5.24. The first-order valence-corrected chi connectivity index (χ1v) is 16.6. The number of thiophene rings is 1. The van der Waals surface area contributed by atoms with E-state index in [2.05, 4.69) is 146 Å². The predicted molar refractivity (Wildman–Crippen MR) is 200 cm³/mol. The van der Waals surface area contributed by atoms with Gasteiger partial charge in [0.05, 0.1) is 11.4 Å². The fourth-order valence-electron chi connectivity index (χ4n) is 6.64. The van der Waals surface area contributed by atoms with Crippen LogP contribution in [-0.4, -0.2) is 9.97 Å². The van der Waals surface area contributed by atoms with Crippen molar-refractivity contribution in [2.45, 2.75) is 0 Å². The first kappa shape index (κ1) is 27.4. The lowest BCUT2D eigenvalue weighted by atomic mass is 9.92. The summed E-state index contributed by atoms with van der Waals surface area (Å²) in [5.74, 6) is 0.718. The molecule has 9 rings (SSSR count). The highest BCUT2D eigenvalue weighted by Gasteiger charge is 2.19. The summed E-state index contributed by atoms with van der Waals surface area (Å²) in [4.78, 5) is 10.3. The van der Waals surface area contributed by atoms with Crippen LogP contribution >= 0.6 is 11.3 Å². The minimum Gasteiger partial charge on any atom is -0.228 e. The van der Waals surface area contributed by atoms with Crippen molar-refractivity contribution in [1.29, 1.82) is 0 Å². The molecule has 0 N–H and O–H groups in total. The van der Waals surface area contributed by atoms with E-state index in [1.807, 2.05) is 35.6 Å². The normalized spacial score (nSPS) is 11.4. The lowest BCUT2D eigenvalue weighted by molar-refractivity contribution is 1.18. The summed E-state index contributed by atoms with van der Waals surface area (Å²) in [7, 11) is 0. The van der Waals surface area contributed by atoms with Gasteiger partial charge in [0, 0.05) is 42.4 Å². The molecular weight excluding hydrogens is 589 g/mol. The molecule has 2 heterocycles. The Kier molecular flexibility index (Phi) is 6.69. The molecule has 0 amide bonds. The first-order chi connectivity index (χ1) is 23.3. The van der Waals surface area contributed by atoms with E-state index in [0.29, 0.717) is 0 Å². The van der Waals surface area contributed by atoms with Gasteiger partial charge in [0.1, 0.15) is 0 Å². The lowest BCUT2D eigenvalue weighted by Gasteiger charge is -2.15. The van der Waals surface area contributed by atoms with Gasteiger partial charge in [-0.15, -0.1) is 11.3 Å². The van der Waals surface area contributed by atoms with E-state index in [1.165, 1.54) is 53.2 Å². The number of fused-ring (bicyclic) bond motifs is 4. The van der Waals surface area contributed by atoms with Crippen molar-refractivity contribution >= 4 is 42.3 Å². The van der Waals surface area contributed by atoms with Gasteiger partial charge in [0.25, 0.3) is 0 Å². The molecule has 0 spiro atoms. The molecule has 2 nitrogen and oxygen atoms in total. The summed E-state index contributed by atoms with van der Waals surface area (Å²) in [6.07, 6.45) is 0. The molecule has 0 unspecified atom stereocenters. The minimum atomic E-state index is 0.718. The van der Waals surface area contributed by atoms with Crippen LogP contribution in [0.4, 0.5) is 0 Å². The van der Waals surface area contributed by atoms with E-state index < -0.39 is 0 Å². The second kappa shape index (κ2) is 11.5. The van der Waals surface area contributed by atoms with Crippen molar-refractivity contribution in [3.8, 4) is 56.2 Å². The van der Waals surface area contributed by atoms with E-state index in [-0.39, 0.29) is 0 Å². The van der Waals surface area contributed by atoms with Gasteiger partial charge in [-0.25, -0.2) is 9.97 Å². The molecule has 0 aliphatic heterocycles. The zero-order valence-corrected chi connectivity index (χ0v) is 26.3. The van der Waals surface area contributed by atoms with E-state index in [1.54, 1.807) is 0 Å². The highest BCUT2D eigenvalue weighted by atomic mass is 32.1. The molecule has 3 heteroatoms. The van der Waals surface area contributed by atoms with Gasteiger partial charge in [-0.2, -0.15) is 0 Å². The van der Waals surface area contributed by atoms with E-state index >= 15 is 0 Å². The Bertz CT molecular complexity index is 2490. The zero-order chi connectivity index (χ0) is 31.2. The summed E-state index contributed by atoms with van der Waals surface area (Å²) in [6.45, 7) is 0. The third kappa shape index (κ3) is 4.89. The quantitative estimate of drug-likeness (QED) is 0.192. The van der Waals surface area contributed by atoms with Crippen LogP contribution < -0.4 is 0 Å². The number of nitrogens with zero attached hydrogens (tertiary/aromatic N) is 2. The van der Waals surface area contributed by atoms with Crippen LogP contribution in [0.1, 0.15) is 0 Å². The molecule has 0 radical (unpaired) electrons. The summed E-state index contributed by atoms with van der Waals surface area (Å²) >= 11 is 1.85. The molecule has 0 bridgehead atoms. The molecule has 0 aliphatic carbocycles. The number of aromatic nitrogens is 2. The number of benzene rings is 7. The third-order valence-electron chi connectivity index (χ3n) is 8.92. The number of rotatable bonds is 5. The highest BCUT2D eigenvalue weighted by molar-refractivity contribution is 7.26. The number of hydrogen-bond donors (Lipinski definition) is 0. The second-order valence-corrected chi connectivity index (χ2v) is 12.8. The molecular formula is C44H28N2S. The van der Waals surface area contributed by atoms with Gasteiger partial charge >= 0.3 is 0 Å². The molecule has 0 atom stereocenters. The second-order valence-electron chi connectivity index (χ2n) is 11.8. The Labute approximate surface area is 277 Å². The fraction of sp³-hybridized carbons (Fsp3) is 0. The molecule has 2 aromatic heterocycles. The average molecular weight is 617 g/mol. The third-order valence-corrected chi connectivity index (χ3v) is 10.1. The Balaban J connectivity index is 1.28. The maximum Gasteiger partial charge on any atom is 0.160 e. The van der Waals surface area contributed by atoms with Crippen LogP contribution in [0.25, 0.3) is 87.1 Å². The first-order valence-electron chi connectivity index (χ1n) is 15.8. The molecule has 220 valence electrons. The van der Waals surface area contributed by atoms with Gasteiger partial charge in [0.15, 0.2) is 5.82 Å². The van der Waals surface area contributed by atoms with Gasteiger partial charge in [-0.1, -0.05) is 158 Å². The molecule has 7 aromatic carbocycles. The summed E-state index contributed by atoms with van der Waals surface area (Å²) in [6, 6.07) is 60.2. The molecule has 0 fully saturated rings. The number of hydrogen-bond acceptors (Lipinski definition) is 3. The van der Waals surface area contributed by atoms with Gasteiger partial charge < -0.3 is 0 Å². The van der Waals surface area contributed by atoms with Gasteiger partial charge in [-0.05, 0) is 39.6 Å². The van der Waals surface area contributed by atoms with Crippen LogP contribution in [0.3, 0.4) is 0 Å². The van der Waals surface area contributed by atoms with Crippen molar-refractivity contribution in [1.82, 2.24) is 9.97 Å². The Morgan fingerprint density at radius 1 is 0.383 bits per heavy atom. The van der Waals surface area contributed by atoms with Crippen molar-refractivity contribution < 1.29 is 0 Å². The smallest absolute Gasteiger partial charge is 0.160 e. The largest absolute Gasteiger partial charge is 0.228 e. The van der Waals surface area contributed by atoms with Crippen molar-refractivity contribution in [2.24, 2.45) is 0 Å². The van der Waals surface area contributed by atoms with E-state index in [4.69, 9.17) is 9.97 Å². The van der Waals surface area contributed by atoms with Gasteiger partial charge in [0.2, 0.25) is 0 Å². The average Bonchev–Trinajstić information content (AvgIpc) is 3.54. The summed E-state index contributed by atoms with van der Waals surface area (Å²) in [5, 5.41) is 5.06. The molecule has 9 aromatic rings. The van der Waals surface area contributed by atoms with Crippen LogP contribution in [0.5, 0.6) is 0 Å². The predicted octanol–water partition coefficient (Wildman–Crippen LogP) is 12.3. The maximum atomic E-state index is 5.24. The van der Waals surface area contributed by atoms with Crippen molar-refractivity contribution in [3.63, 3.8) is 0 Å². The topological polar surface area (TPSA) is 25.8 Å². The van der Waals surface area contributed by atoms with E-state index in [9.17, 15) is 0 Å². The van der Waals surface area contributed by atoms with Crippen molar-refractivity contribution in [2.75, 3.05) is 0 Å². The monoisotopic (exact) mass is 616 g/mol. The minimum absolute atomic E-state index is 0.718. The van der Waals surface area contributed by atoms with Crippen LogP contribution in [0.15, 0.2) is 170 Å².